The number of fused-ring (bicyclic) bond motifs is 1. The van der Waals surface area contributed by atoms with Crippen molar-refractivity contribution in [2.75, 3.05) is 44.4 Å². The van der Waals surface area contributed by atoms with E-state index in [1.807, 2.05) is 19.1 Å². The summed E-state index contributed by atoms with van der Waals surface area (Å²) in [4.78, 5) is 7.28. The van der Waals surface area contributed by atoms with Gasteiger partial charge in [-0.15, -0.1) is 0 Å². The molecule has 2 aromatic rings. The topological polar surface area (TPSA) is 59.8 Å². The predicted molar refractivity (Wildman–Crippen MR) is 115 cm³/mol. The number of pyridine rings is 1. The molecule has 0 unspecified atom stereocenters. The summed E-state index contributed by atoms with van der Waals surface area (Å²) in [6.45, 7) is 9.41. The molecule has 1 N–H and O–H groups in total. The van der Waals surface area contributed by atoms with Crippen molar-refractivity contribution in [3.63, 3.8) is 0 Å². The SMILES string of the molecule is C=Cc1c(C=CC)n(C)c2nc(N3CCC(OCCOCCO)CC3)ccc12. The second-order valence-corrected chi connectivity index (χ2v) is 7.00. The molecule has 0 radical (unpaired) electrons. The number of anilines is 1. The number of ether oxygens (including phenoxy) is 2. The third kappa shape index (κ3) is 4.46. The van der Waals surface area contributed by atoms with Crippen molar-refractivity contribution >= 4 is 29.0 Å². The number of hydrogen-bond donors (Lipinski definition) is 1. The van der Waals surface area contributed by atoms with Gasteiger partial charge in [0.2, 0.25) is 0 Å². The van der Waals surface area contributed by atoms with Crippen LogP contribution in [0.4, 0.5) is 5.82 Å². The Morgan fingerprint density at radius 2 is 2.04 bits per heavy atom. The van der Waals surface area contributed by atoms with Gasteiger partial charge in [-0.3, -0.25) is 0 Å². The van der Waals surface area contributed by atoms with Crippen LogP contribution in [0.1, 0.15) is 31.0 Å². The molecule has 0 spiro atoms. The van der Waals surface area contributed by atoms with E-state index in [0.717, 1.165) is 54.0 Å². The Morgan fingerprint density at radius 1 is 1.25 bits per heavy atom. The summed E-state index contributed by atoms with van der Waals surface area (Å²) >= 11 is 0. The highest BCUT2D eigenvalue weighted by Gasteiger charge is 2.22. The number of aryl methyl sites for hydroxylation is 1. The summed E-state index contributed by atoms with van der Waals surface area (Å²) in [5, 5.41) is 9.84. The standard InChI is InChI=1S/C22H31N3O3/c1-4-6-20-18(5-2)19-7-8-21(23-22(19)24(20)3)25-11-9-17(10-12-25)28-16-15-27-14-13-26/h4-8,17,26H,2,9-16H2,1,3H3. The lowest BCUT2D eigenvalue weighted by atomic mass is 10.1. The van der Waals surface area contributed by atoms with Crippen LogP contribution in [-0.4, -0.2) is 60.3 Å². The van der Waals surface area contributed by atoms with Crippen molar-refractivity contribution in [2.24, 2.45) is 7.05 Å². The highest BCUT2D eigenvalue weighted by Crippen LogP contribution is 2.29. The molecule has 152 valence electrons. The van der Waals surface area contributed by atoms with E-state index < -0.39 is 0 Å². The zero-order chi connectivity index (χ0) is 19.9. The molecule has 0 bridgehead atoms. The minimum absolute atomic E-state index is 0.0569. The lowest BCUT2D eigenvalue weighted by Gasteiger charge is -2.32. The molecule has 0 atom stereocenters. The summed E-state index contributed by atoms with van der Waals surface area (Å²) in [5.41, 5.74) is 3.25. The molecule has 28 heavy (non-hydrogen) atoms. The Morgan fingerprint density at radius 3 is 2.71 bits per heavy atom. The van der Waals surface area contributed by atoms with E-state index in [1.165, 1.54) is 0 Å². The van der Waals surface area contributed by atoms with Gasteiger partial charge in [-0.25, -0.2) is 4.98 Å². The third-order valence-electron chi connectivity index (χ3n) is 5.22. The Labute approximate surface area is 167 Å². The van der Waals surface area contributed by atoms with Gasteiger partial charge in [-0.1, -0.05) is 18.7 Å². The maximum absolute atomic E-state index is 8.71. The molecule has 2 aromatic heterocycles. The maximum atomic E-state index is 8.71. The first kappa shape index (κ1) is 20.6. The number of piperidine rings is 1. The summed E-state index contributed by atoms with van der Waals surface area (Å²) in [7, 11) is 2.06. The highest BCUT2D eigenvalue weighted by molar-refractivity contribution is 5.92. The number of nitrogens with zero attached hydrogens (tertiary/aromatic N) is 3. The highest BCUT2D eigenvalue weighted by atomic mass is 16.5. The van der Waals surface area contributed by atoms with Gasteiger partial charge in [0.15, 0.2) is 0 Å². The van der Waals surface area contributed by atoms with Crippen molar-refractivity contribution in [3.05, 3.63) is 36.0 Å². The van der Waals surface area contributed by atoms with Gasteiger partial charge in [0.1, 0.15) is 11.5 Å². The molecule has 1 saturated heterocycles. The van der Waals surface area contributed by atoms with Crippen LogP contribution in [0, 0.1) is 0 Å². The van der Waals surface area contributed by atoms with Crippen molar-refractivity contribution in [3.8, 4) is 0 Å². The second-order valence-electron chi connectivity index (χ2n) is 7.00. The molecule has 3 heterocycles. The first-order chi connectivity index (χ1) is 13.7. The average Bonchev–Trinajstić information content (AvgIpc) is 2.99. The van der Waals surface area contributed by atoms with Gasteiger partial charge in [0.25, 0.3) is 0 Å². The molecule has 0 saturated carbocycles. The first-order valence-corrected chi connectivity index (χ1v) is 9.99. The largest absolute Gasteiger partial charge is 0.394 e. The van der Waals surface area contributed by atoms with Crippen LogP contribution in [-0.2, 0) is 16.5 Å². The zero-order valence-electron chi connectivity index (χ0n) is 16.9. The maximum Gasteiger partial charge on any atom is 0.143 e. The number of aromatic nitrogens is 2. The van der Waals surface area contributed by atoms with Gasteiger partial charge < -0.3 is 24.0 Å². The van der Waals surface area contributed by atoms with E-state index in [1.54, 1.807) is 0 Å². The number of hydrogen-bond acceptors (Lipinski definition) is 5. The van der Waals surface area contributed by atoms with Crippen LogP contribution in [0.15, 0.2) is 24.8 Å². The van der Waals surface area contributed by atoms with E-state index in [2.05, 4.69) is 41.3 Å². The van der Waals surface area contributed by atoms with Crippen LogP contribution in [0.2, 0.25) is 0 Å². The van der Waals surface area contributed by atoms with E-state index in [4.69, 9.17) is 19.6 Å². The normalized spacial score (nSPS) is 15.8. The monoisotopic (exact) mass is 385 g/mol. The van der Waals surface area contributed by atoms with Crippen molar-refractivity contribution in [1.29, 1.82) is 0 Å². The molecule has 3 rings (SSSR count). The summed E-state index contributed by atoms with van der Waals surface area (Å²) in [6.07, 6.45) is 8.28. The Bertz CT molecular complexity index is 820. The lowest BCUT2D eigenvalue weighted by molar-refractivity contribution is -0.0106. The predicted octanol–water partition coefficient (Wildman–Crippen LogP) is 3.24. The smallest absolute Gasteiger partial charge is 0.143 e. The Balaban J connectivity index is 1.65. The van der Waals surface area contributed by atoms with Crippen molar-refractivity contribution < 1.29 is 14.6 Å². The van der Waals surface area contributed by atoms with E-state index in [9.17, 15) is 0 Å². The van der Waals surface area contributed by atoms with Crippen LogP contribution in [0.5, 0.6) is 0 Å². The zero-order valence-corrected chi connectivity index (χ0v) is 16.9. The molecule has 0 amide bonds. The van der Waals surface area contributed by atoms with Crippen molar-refractivity contribution in [2.45, 2.75) is 25.9 Å². The molecule has 1 aliphatic heterocycles. The molecule has 6 nitrogen and oxygen atoms in total. The second kappa shape index (κ2) is 9.87. The summed E-state index contributed by atoms with van der Waals surface area (Å²) < 4.78 is 13.3. The summed E-state index contributed by atoms with van der Waals surface area (Å²) in [6, 6.07) is 4.27. The van der Waals surface area contributed by atoms with Gasteiger partial charge in [-0.05, 0) is 38.0 Å². The molecule has 6 heteroatoms. The Kier molecular flexibility index (Phi) is 7.25. The van der Waals surface area contributed by atoms with Crippen LogP contribution in [0.3, 0.4) is 0 Å². The van der Waals surface area contributed by atoms with E-state index in [-0.39, 0.29) is 12.7 Å². The number of allylic oxidation sites excluding steroid dienone is 1. The van der Waals surface area contributed by atoms with E-state index in [0.29, 0.717) is 19.8 Å². The first-order valence-electron chi connectivity index (χ1n) is 9.99. The minimum atomic E-state index is 0.0569. The molecular weight excluding hydrogens is 354 g/mol. The average molecular weight is 386 g/mol. The van der Waals surface area contributed by atoms with Crippen LogP contribution < -0.4 is 4.90 Å². The molecule has 1 aliphatic rings. The molecule has 0 aliphatic carbocycles. The lowest BCUT2D eigenvalue weighted by Crippen LogP contribution is -2.37. The fraction of sp³-hybridized carbons (Fsp3) is 0.500. The third-order valence-corrected chi connectivity index (χ3v) is 5.22. The fourth-order valence-corrected chi connectivity index (χ4v) is 3.78. The number of aliphatic hydroxyl groups is 1. The van der Waals surface area contributed by atoms with Gasteiger partial charge in [0.05, 0.1) is 32.5 Å². The summed E-state index contributed by atoms with van der Waals surface area (Å²) in [5.74, 6) is 1.01. The van der Waals surface area contributed by atoms with Gasteiger partial charge >= 0.3 is 0 Å². The Hall–Kier alpha value is -2.15. The molecular formula is C22H31N3O3. The van der Waals surface area contributed by atoms with Crippen LogP contribution >= 0.6 is 0 Å². The number of rotatable bonds is 9. The van der Waals surface area contributed by atoms with E-state index >= 15 is 0 Å². The van der Waals surface area contributed by atoms with Crippen molar-refractivity contribution in [1.82, 2.24) is 9.55 Å². The quantitative estimate of drug-likeness (QED) is 0.672. The molecule has 0 aromatic carbocycles. The molecule has 1 fully saturated rings. The van der Waals surface area contributed by atoms with Gasteiger partial charge in [0, 0.05) is 36.8 Å². The minimum Gasteiger partial charge on any atom is -0.394 e. The van der Waals surface area contributed by atoms with Gasteiger partial charge in [-0.2, -0.15) is 0 Å². The van der Waals surface area contributed by atoms with Crippen LogP contribution in [0.25, 0.3) is 23.2 Å². The fourth-order valence-electron chi connectivity index (χ4n) is 3.78. The number of aliphatic hydroxyl groups excluding tert-OH is 1.